The fourth-order valence-electron chi connectivity index (χ4n) is 12.3. The second kappa shape index (κ2) is 16.6. The minimum atomic E-state index is 0.584. The lowest BCUT2D eigenvalue weighted by Gasteiger charge is -2.18. The topological polar surface area (TPSA) is 58.4 Å². The van der Waals surface area contributed by atoms with E-state index < -0.39 is 0 Å². The van der Waals surface area contributed by atoms with Gasteiger partial charge < -0.3 is 18.3 Å². The van der Waals surface area contributed by atoms with Crippen LogP contribution in [0.2, 0.25) is 0 Å². The van der Waals surface area contributed by atoms with Crippen molar-refractivity contribution < 1.29 is 0 Å². The lowest BCUT2D eigenvalue weighted by atomic mass is 10.0. The Morgan fingerprint density at radius 2 is 0.553 bits per heavy atom. The average molecular weight is 970 g/mol. The summed E-state index contributed by atoms with van der Waals surface area (Å²) < 4.78 is 9.94. The number of hydrogen-bond acceptors (Lipinski definition) is 3. The number of hydrogen-bond donors (Lipinski definition) is 0. The molecule has 5 heterocycles. The van der Waals surface area contributed by atoms with E-state index in [0.29, 0.717) is 17.5 Å². The molecule has 354 valence electrons. The van der Waals surface area contributed by atoms with Crippen LogP contribution in [0.4, 0.5) is 0 Å². The predicted octanol–water partition coefficient (Wildman–Crippen LogP) is 17.3. The third kappa shape index (κ3) is 6.14. The fourth-order valence-corrected chi connectivity index (χ4v) is 12.3. The molecule has 0 radical (unpaired) electrons. The summed E-state index contributed by atoms with van der Waals surface area (Å²) in [6.45, 7) is 0. The second-order valence-electron chi connectivity index (χ2n) is 19.5. The molecule has 11 aromatic carbocycles. The normalized spacial score (nSPS) is 11.9. The molecule has 7 heteroatoms. The molecular formula is C69H43N7. The zero-order valence-corrected chi connectivity index (χ0v) is 41.0. The van der Waals surface area contributed by atoms with Crippen LogP contribution in [0.15, 0.2) is 261 Å². The van der Waals surface area contributed by atoms with Crippen molar-refractivity contribution in [1.29, 1.82) is 0 Å². The number of aromatic nitrogens is 7. The van der Waals surface area contributed by atoms with Gasteiger partial charge in [-0.3, -0.25) is 0 Å². The highest BCUT2D eigenvalue weighted by Crippen LogP contribution is 2.51. The van der Waals surface area contributed by atoms with Crippen LogP contribution < -0.4 is 0 Å². The standard InChI is InChI=1S/C69H43N7/c1-5-23-44(24-6-1)67-70-68(45-25-7-2-8-26-45)72-69(71-67)54-42-41-48(43-60(54)76-55-36-18-13-31-49(55)50-32-14-19-37-56(50)76)75-59-40-22-17-35-53(59)63-65-61(51-33-15-20-38-57(51)73(65)46-27-9-3-10-28-46)64-62(66(63)75)52-34-16-21-39-58(52)74(64)47-29-11-4-12-30-47/h1-43H. The molecule has 0 aliphatic rings. The zero-order valence-electron chi connectivity index (χ0n) is 41.0. The Labute approximate surface area is 436 Å². The maximum Gasteiger partial charge on any atom is 0.166 e. The van der Waals surface area contributed by atoms with E-state index in [1.807, 2.05) is 36.4 Å². The largest absolute Gasteiger partial charge is 0.308 e. The molecule has 5 aromatic heterocycles. The van der Waals surface area contributed by atoms with Crippen molar-refractivity contribution in [3.05, 3.63) is 261 Å². The number of benzene rings is 11. The predicted molar refractivity (Wildman–Crippen MR) is 313 cm³/mol. The summed E-state index contributed by atoms with van der Waals surface area (Å²) >= 11 is 0. The Morgan fingerprint density at radius 3 is 0.961 bits per heavy atom. The van der Waals surface area contributed by atoms with Gasteiger partial charge >= 0.3 is 0 Å². The van der Waals surface area contributed by atoms with Gasteiger partial charge in [0.05, 0.1) is 49.8 Å². The molecule has 16 rings (SSSR count). The maximum absolute atomic E-state index is 5.37. The van der Waals surface area contributed by atoms with E-state index >= 15 is 0 Å². The van der Waals surface area contributed by atoms with Gasteiger partial charge in [0, 0.05) is 76.8 Å². The van der Waals surface area contributed by atoms with E-state index in [-0.39, 0.29) is 0 Å². The summed E-state index contributed by atoms with van der Waals surface area (Å²) in [5.74, 6) is 1.80. The first-order chi connectivity index (χ1) is 37.8. The molecule has 0 saturated heterocycles. The highest BCUT2D eigenvalue weighted by Gasteiger charge is 2.30. The average Bonchev–Trinajstić information content (AvgIpc) is 4.37. The third-order valence-corrected chi connectivity index (χ3v) is 15.4. The highest BCUT2D eigenvalue weighted by atomic mass is 15.1. The summed E-state index contributed by atoms with van der Waals surface area (Å²) in [5, 5.41) is 9.48. The lowest BCUT2D eigenvalue weighted by Crippen LogP contribution is -2.05. The van der Waals surface area contributed by atoms with Gasteiger partial charge in [0.2, 0.25) is 0 Å². The molecule has 0 N–H and O–H groups in total. The molecule has 0 aliphatic heterocycles. The molecule has 0 unspecified atom stereocenters. The first-order valence-electron chi connectivity index (χ1n) is 25.8. The zero-order chi connectivity index (χ0) is 49.8. The number of fused-ring (bicyclic) bond motifs is 15. The Kier molecular flexibility index (Phi) is 9.20. The van der Waals surface area contributed by atoms with Crippen molar-refractivity contribution in [3.8, 4) is 56.9 Å². The van der Waals surface area contributed by atoms with Crippen LogP contribution in [0.1, 0.15) is 0 Å². The van der Waals surface area contributed by atoms with Crippen LogP contribution >= 0.6 is 0 Å². The number of rotatable bonds is 7. The van der Waals surface area contributed by atoms with Gasteiger partial charge in [-0.05, 0) is 72.8 Å². The Hall–Kier alpha value is -10.4. The molecule has 16 aromatic rings. The van der Waals surface area contributed by atoms with Crippen LogP contribution in [0.3, 0.4) is 0 Å². The summed E-state index contributed by atoms with van der Waals surface area (Å²) in [5.41, 5.74) is 15.9. The van der Waals surface area contributed by atoms with E-state index in [0.717, 1.165) is 83.6 Å². The van der Waals surface area contributed by atoms with E-state index in [2.05, 4.69) is 243 Å². The van der Waals surface area contributed by atoms with Crippen molar-refractivity contribution >= 4 is 87.2 Å². The minimum absolute atomic E-state index is 0.584. The van der Waals surface area contributed by atoms with Gasteiger partial charge in [-0.15, -0.1) is 0 Å². The van der Waals surface area contributed by atoms with Crippen molar-refractivity contribution in [1.82, 2.24) is 33.2 Å². The van der Waals surface area contributed by atoms with Crippen molar-refractivity contribution in [2.24, 2.45) is 0 Å². The SMILES string of the molecule is c1ccc(-c2nc(-c3ccccc3)nc(-c3ccc(-n4c5ccccc5c5c6c(c7ccccc7n6-c6ccccc6)c6c(c7ccccc7n6-c6ccccc6)c54)cc3-n3c4ccccc4c4ccccc43)n2)cc1. The Bertz CT molecular complexity index is 4790. The Balaban J connectivity index is 1.10. The van der Waals surface area contributed by atoms with Gasteiger partial charge in [0.25, 0.3) is 0 Å². The van der Waals surface area contributed by atoms with E-state index in [1.165, 1.54) is 43.1 Å². The van der Waals surface area contributed by atoms with Crippen LogP contribution in [-0.4, -0.2) is 33.2 Å². The summed E-state index contributed by atoms with van der Waals surface area (Å²) in [7, 11) is 0. The smallest absolute Gasteiger partial charge is 0.166 e. The molecule has 0 spiro atoms. The molecular weight excluding hydrogens is 927 g/mol. The van der Waals surface area contributed by atoms with E-state index in [4.69, 9.17) is 15.0 Å². The van der Waals surface area contributed by atoms with E-state index in [9.17, 15) is 0 Å². The molecule has 0 amide bonds. The molecule has 76 heavy (non-hydrogen) atoms. The molecule has 0 saturated carbocycles. The Morgan fingerprint density at radius 1 is 0.237 bits per heavy atom. The van der Waals surface area contributed by atoms with Gasteiger partial charge in [-0.25, -0.2) is 15.0 Å². The van der Waals surface area contributed by atoms with Gasteiger partial charge in [0.1, 0.15) is 0 Å². The summed E-state index contributed by atoms with van der Waals surface area (Å²) in [4.78, 5) is 15.9. The number of para-hydroxylation sites is 7. The maximum atomic E-state index is 5.37. The molecule has 0 bridgehead atoms. The lowest BCUT2D eigenvalue weighted by molar-refractivity contribution is 1.06. The van der Waals surface area contributed by atoms with Crippen molar-refractivity contribution in [2.75, 3.05) is 0 Å². The number of nitrogens with zero attached hydrogens (tertiary/aromatic N) is 7. The first kappa shape index (κ1) is 42.2. The van der Waals surface area contributed by atoms with Gasteiger partial charge in [-0.1, -0.05) is 188 Å². The van der Waals surface area contributed by atoms with Gasteiger partial charge in [-0.2, -0.15) is 0 Å². The monoisotopic (exact) mass is 969 g/mol. The van der Waals surface area contributed by atoms with Crippen molar-refractivity contribution in [3.63, 3.8) is 0 Å². The molecule has 0 atom stereocenters. The van der Waals surface area contributed by atoms with Crippen LogP contribution in [-0.2, 0) is 0 Å². The fraction of sp³-hybridized carbons (Fsp3) is 0. The van der Waals surface area contributed by atoms with Crippen LogP contribution in [0.5, 0.6) is 0 Å². The van der Waals surface area contributed by atoms with Crippen molar-refractivity contribution in [2.45, 2.75) is 0 Å². The van der Waals surface area contributed by atoms with E-state index in [1.54, 1.807) is 0 Å². The first-order valence-corrected chi connectivity index (χ1v) is 25.8. The van der Waals surface area contributed by atoms with Crippen LogP contribution in [0, 0.1) is 0 Å². The molecule has 0 fully saturated rings. The molecule has 0 aliphatic carbocycles. The quantitative estimate of drug-likeness (QED) is 0.160. The van der Waals surface area contributed by atoms with Crippen LogP contribution in [0.25, 0.3) is 144 Å². The third-order valence-electron chi connectivity index (χ3n) is 15.4. The summed E-state index contributed by atoms with van der Waals surface area (Å²) in [6, 6.07) is 93.3. The second-order valence-corrected chi connectivity index (χ2v) is 19.5. The minimum Gasteiger partial charge on any atom is -0.308 e. The molecule has 7 nitrogen and oxygen atoms in total. The summed E-state index contributed by atoms with van der Waals surface area (Å²) in [6.07, 6.45) is 0. The highest BCUT2D eigenvalue weighted by molar-refractivity contribution is 6.40. The van der Waals surface area contributed by atoms with Gasteiger partial charge in [0.15, 0.2) is 17.5 Å².